The lowest BCUT2D eigenvalue weighted by atomic mass is 9.85. The van der Waals surface area contributed by atoms with Crippen LogP contribution in [0.4, 0.5) is 10.1 Å². The lowest BCUT2D eigenvalue weighted by Gasteiger charge is -2.20. The number of methoxy groups -OCH3 is 2. The molecule has 0 saturated carbocycles. The van der Waals surface area contributed by atoms with Gasteiger partial charge in [0.1, 0.15) is 17.3 Å². The maximum atomic E-state index is 13.3. The highest BCUT2D eigenvalue weighted by Gasteiger charge is 2.21. The molecule has 0 radical (unpaired) electrons. The van der Waals surface area contributed by atoms with Crippen molar-refractivity contribution in [3.05, 3.63) is 431 Å². The summed E-state index contributed by atoms with van der Waals surface area (Å²) in [6, 6.07) is 105. The molecule has 0 aliphatic rings. The first kappa shape index (κ1) is 129. The second-order valence-electron chi connectivity index (χ2n) is 47.9. The number of nitrogens with one attached hydrogen (secondary N) is 1. The van der Waals surface area contributed by atoms with Crippen LogP contribution in [0.3, 0.4) is 0 Å². The van der Waals surface area contributed by atoms with Gasteiger partial charge in [-0.1, -0.05) is 485 Å². The minimum Gasteiger partial charge on any atom is -0.493 e. The normalized spacial score (nSPS) is 11.1. The smallest absolute Gasteiger partial charge is 0.160 e. The summed E-state index contributed by atoms with van der Waals surface area (Å²) in [6.07, 6.45) is 8.67. The number of para-hydroxylation sites is 1. The molecule has 780 valence electrons. The fraction of sp³-hybridized carbons (Fsp3) is 0.420. The van der Waals surface area contributed by atoms with Crippen LogP contribution < -0.4 is 19.5 Å². The Morgan fingerprint density at radius 1 is 0.326 bits per heavy atom. The molecule has 0 aliphatic heterocycles. The quantitative estimate of drug-likeness (QED) is 0.124. The largest absolute Gasteiger partial charge is 0.493 e. The van der Waals surface area contributed by atoms with Gasteiger partial charge in [-0.3, -0.25) is 0 Å². The lowest BCUT2D eigenvalue weighted by Crippen LogP contribution is -2.13. The van der Waals surface area contributed by atoms with Crippen molar-refractivity contribution >= 4 is 17.3 Å². The van der Waals surface area contributed by atoms with Gasteiger partial charge in [-0.05, 0) is 311 Å². The predicted octanol–water partition coefficient (Wildman–Crippen LogP) is 40.8. The minimum atomic E-state index is -0.104. The third-order valence-corrected chi connectivity index (χ3v) is 24.1. The van der Waals surface area contributed by atoms with E-state index in [-0.39, 0.29) is 43.7 Å². The summed E-state index contributed by atoms with van der Waals surface area (Å²) in [6.45, 7) is 89.3. The molecular weight excluding hydrogens is 1770 g/mol. The van der Waals surface area contributed by atoms with Crippen LogP contribution in [0.25, 0.3) is 0 Å². The Kier molecular flexibility index (Phi) is 55.5. The number of benzene rings is 13. The van der Waals surface area contributed by atoms with Gasteiger partial charge in [-0.2, -0.15) is 0 Å². The lowest BCUT2D eigenvalue weighted by molar-refractivity contribution is 0.353. The van der Waals surface area contributed by atoms with Gasteiger partial charge in [0.05, 0.1) is 14.2 Å². The molecule has 1 N–H and O–H groups in total. The maximum Gasteiger partial charge on any atom is 0.160 e. The van der Waals surface area contributed by atoms with E-state index in [9.17, 15) is 4.39 Å². The molecule has 144 heavy (non-hydrogen) atoms. The second kappa shape index (κ2) is 62.0. The molecule has 0 saturated heterocycles. The standard InChI is InChI=1S/C16H18O.C13H20O2.2C12H18.C12H14.C11H15Cl.C11H15F.C11H16.C10H15N.3C10H14/c1-16(2,3)13-9-11-15(12-10-13)17-14-7-5-4-6-8-14;1-13(2,3)9-10-6-7-11(14-4)12(8-10)15-5;1-9-6-7-11(8-10(9)2)12(3,4)5;1-5-10-6-8-11(9-7-10)12(2,3)4;1-5-10-7-6-8-11(9-10)12(2,3)4;1-8-7-9(11(2,3)4)5-6-10(8)12;1-8-5-6-10(12)9(7-8)11(2,3)4;1-9-5-7-10(8-6-9)11(2,3)4;1-8(2)11-10-6-4-5-9(3)7-10;2*1-8(2)10-6-4-9(3)5-7-10;1-9(2)8-10-6-4-3-5-7-10/h4-12H,1-3H3;6-8H,9H2,1-5H3;6-8H,1-5H3;6-9H,5H2,1-4H3;1,6-9H,2-4H3;2*5-7H,1-4H3;5-8H,1-4H3;4-8,11H,1-3H3;2*4-8H,1-3H3;3-7,9H,8H2,1-2H3. The van der Waals surface area contributed by atoms with E-state index in [2.05, 4.69) is 473 Å². The first-order chi connectivity index (χ1) is 66.7. The van der Waals surface area contributed by atoms with Crippen LogP contribution in [0, 0.1) is 84.9 Å². The molecular formula is C138H191ClFNO3. The summed E-state index contributed by atoms with van der Waals surface area (Å²) < 4.78 is 29.5. The number of terminal acetylenes is 1. The Hall–Kier alpha value is -11.2. The Bertz CT molecular complexity index is 5660. The summed E-state index contributed by atoms with van der Waals surface area (Å²) in [5, 5.41) is 4.20. The number of rotatable bonds is 12. The molecule has 0 fully saturated rings. The van der Waals surface area contributed by atoms with Gasteiger partial charge in [0.25, 0.3) is 0 Å². The van der Waals surface area contributed by atoms with Crippen molar-refractivity contribution in [2.45, 2.75) is 359 Å². The van der Waals surface area contributed by atoms with Gasteiger partial charge < -0.3 is 19.5 Å². The molecule has 0 heterocycles. The van der Waals surface area contributed by atoms with Gasteiger partial charge in [0, 0.05) is 22.3 Å². The molecule has 0 unspecified atom stereocenters. The number of anilines is 1. The third-order valence-electron chi connectivity index (χ3n) is 23.7. The van der Waals surface area contributed by atoms with Crippen LogP contribution in [0.2, 0.25) is 5.02 Å². The Morgan fingerprint density at radius 2 is 0.708 bits per heavy atom. The zero-order valence-corrected chi connectivity index (χ0v) is 98.6. The SMILES string of the molecule is C#Cc1cccc(C(C)(C)C)c1.CC(C)(C)c1ccc(Oc2ccccc2)cc1.CC(C)Cc1ccccc1.CCc1ccc(C(C)(C)C)cc1.COc1ccc(CC(C)(C)C)cc1OC.Cc1cc(C(C)(C)C)ccc1Cl.Cc1ccc(C(C)(C)C)cc1.Cc1ccc(C(C)(C)C)cc1C.Cc1ccc(C(C)C)cc1.Cc1ccc(C(C)C)cc1.Cc1ccc(F)c(C(C)(C)C)c1.Cc1cccc(NC(C)C)c1. The van der Waals surface area contributed by atoms with Crippen LogP contribution in [-0.4, -0.2) is 20.3 Å². The summed E-state index contributed by atoms with van der Waals surface area (Å²) in [5.41, 5.74) is 30.1. The number of aryl methyl sites for hydroxylation is 9. The summed E-state index contributed by atoms with van der Waals surface area (Å²) in [4.78, 5) is 0. The number of hydrogen-bond acceptors (Lipinski definition) is 4. The van der Waals surface area contributed by atoms with E-state index in [1.165, 1.54) is 113 Å². The first-order valence-electron chi connectivity index (χ1n) is 52.1. The average Bonchev–Trinajstić information content (AvgIpc) is 0.834. The van der Waals surface area contributed by atoms with E-state index in [0.717, 1.165) is 69.0 Å². The topological polar surface area (TPSA) is 39.7 Å². The van der Waals surface area contributed by atoms with Crippen LogP contribution in [0.1, 0.15) is 357 Å². The molecule has 0 aromatic heterocycles. The van der Waals surface area contributed by atoms with Gasteiger partial charge in [0.15, 0.2) is 11.5 Å². The van der Waals surface area contributed by atoms with Crippen molar-refractivity contribution in [1.29, 1.82) is 0 Å². The van der Waals surface area contributed by atoms with Gasteiger partial charge >= 0.3 is 0 Å². The van der Waals surface area contributed by atoms with Crippen LogP contribution in [0.15, 0.2) is 303 Å². The van der Waals surface area contributed by atoms with E-state index in [4.69, 9.17) is 32.2 Å². The Balaban J connectivity index is 0.000000533. The van der Waals surface area contributed by atoms with Gasteiger partial charge in [-0.25, -0.2) is 4.39 Å². The second-order valence-corrected chi connectivity index (χ2v) is 48.3. The minimum absolute atomic E-state index is 0.101. The zero-order valence-electron chi connectivity index (χ0n) is 97.9. The molecule has 13 aromatic rings. The maximum absolute atomic E-state index is 13.3. The summed E-state index contributed by atoms with van der Waals surface area (Å²) in [5.74, 6) is 7.95. The van der Waals surface area contributed by atoms with Crippen molar-refractivity contribution in [2.24, 2.45) is 11.3 Å². The Morgan fingerprint density at radius 3 is 1.09 bits per heavy atom. The highest BCUT2D eigenvalue weighted by molar-refractivity contribution is 6.31. The molecule has 13 rings (SSSR count). The average molecular weight is 1970 g/mol. The van der Waals surface area contributed by atoms with Gasteiger partial charge in [0.2, 0.25) is 0 Å². The van der Waals surface area contributed by atoms with E-state index in [0.29, 0.717) is 23.3 Å². The highest BCUT2D eigenvalue weighted by Crippen LogP contribution is 2.35. The van der Waals surface area contributed by atoms with Crippen molar-refractivity contribution in [1.82, 2.24) is 0 Å². The number of halogens is 2. The van der Waals surface area contributed by atoms with E-state index in [1.54, 1.807) is 20.3 Å². The van der Waals surface area contributed by atoms with E-state index < -0.39 is 0 Å². The van der Waals surface area contributed by atoms with E-state index in [1.807, 2.05) is 113 Å². The highest BCUT2D eigenvalue weighted by atomic mass is 35.5. The van der Waals surface area contributed by atoms with Crippen molar-refractivity contribution in [3.63, 3.8) is 0 Å². The van der Waals surface area contributed by atoms with Crippen LogP contribution in [-0.2, 0) is 57.2 Å². The van der Waals surface area contributed by atoms with E-state index >= 15 is 0 Å². The monoisotopic (exact) mass is 1960 g/mol. The fourth-order valence-electron chi connectivity index (χ4n) is 14.2. The number of ether oxygens (including phenoxy) is 3. The molecule has 0 aliphatic carbocycles. The summed E-state index contributed by atoms with van der Waals surface area (Å²) in [7, 11) is 3.32. The van der Waals surface area contributed by atoms with Gasteiger partial charge in [-0.15, -0.1) is 6.42 Å². The van der Waals surface area contributed by atoms with Crippen LogP contribution in [0.5, 0.6) is 23.0 Å². The molecule has 0 atom stereocenters. The molecule has 6 heteroatoms. The Labute approximate surface area is 885 Å². The molecule has 4 nitrogen and oxygen atoms in total. The van der Waals surface area contributed by atoms with Crippen molar-refractivity contribution in [3.8, 4) is 35.3 Å². The predicted molar refractivity (Wildman–Crippen MR) is 637 cm³/mol. The molecule has 0 amide bonds. The van der Waals surface area contributed by atoms with Crippen molar-refractivity contribution < 1.29 is 18.6 Å². The molecule has 0 bridgehead atoms. The molecule has 13 aromatic carbocycles. The van der Waals surface area contributed by atoms with Crippen molar-refractivity contribution in [2.75, 3.05) is 19.5 Å². The molecule has 0 spiro atoms. The fourth-order valence-corrected chi connectivity index (χ4v) is 14.3. The summed E-state index contributed by atoms with van der Waals surface area (Å²) >= 11 is 5.93. The van der Waals surface area contributed by atoms with Crippen LogP contribution >= 0.6 is 11.6 Å². The zero-order chi connectivity index (χ0) is 109. The third kappa shape index (κ3) is 54.1. The number of hydrogen-bond donors (Lipinski definition) is 1. The first-order valence-corrected chi connectivity index (χ1v) is 52.5.